The summed E-state index contributed by atoms with van der Waals surface area (Å²) >= 11 is 4.88. The Bertz CT molecular complexity index is 1180. The zero-order chi connectivity index (χ0) is 25.3. The number of unbranched alkanes of at least 4 members (excludes halogenated alkanes) is 5. The van der Waals surface area contributed by atoms with Crippen molar-refractivity contribution in [2.24, 2.45) is 14.1 Å². The van der Waals surface area contributed by atoms with Crippen LogP contribution >= 0.6 is 45.2 Å². The van der Waals surface area contributed by atoms with Gasteiger partial charge in [0.15, 0.2) is 12.4 Å². The Morgan fingerprint density at radius 2 is 0.972 bits per heavy atom. The molecule has 0 aliphatic rings. The normalized spacial score (nSPS) is 13.1. The first-order valence-corrected chi connectivity index (χ1v) is 15.4. The largest absolute Gasteiger partial charge is 0.479 e. The molecule has 2 atom stereocenters. The van der Waals surface area contributed by atoms with Gasteiger partial charge in [-0.15, -0.1) is 0 Å². The molecular formula is C30H36I2N2O2+2. The molecule has 0 saturated carbocycles. The second-order valence-electron chi connectivity index (χ2n) is 9.37. The van der Waals surface area contributed by atoms with Gasteiger partial charge in [-0.25, -0.2) is 9.13 Å². The van der Waals surface area contributed by atoms with Gasteiger partial charge in [-0.05, 0) is 83.0 Å². The Hall–Kier alpha value is -1.68. The molecule has 0 radical (unpaired) electrons. The molecule has 4 aromatic rings. The number of hydrogen-bond acceptors (Lipinski definition) is 2. The SMILES string of the molecule is C[n+]1ccc(OC(I)CCCCCCCCC(I)Oc2cc[n+](C)c3ccccc23)c2ccccc21. The number of halogens is 2. The van der Waals surface area contributed by atoms with E-state index in [0.29, 0.717) is 0 Å². The third-order valence-electron chi connectivity index (χ3n) is 6.62. The number of alkyl halides is 2. The first kappa shape index (κ1) is 27.4. The van der Waals surface area contributed by atoms with Crippen molar-refractivity contribution in [2.75, 3.05) is 0 Å². The molecule has 2 unspecified atom stereocenters. The Labute approximate surface area is 242 Å². The standard InChI is InChI=1S/C30H36I2N2O2/c1-33-21-19-27(23-13-9-11-15-25(23)33)35-29(31)17-7-5-3-4-6-8-18-30(32)36-28-20-22-34(2)26-16-12-10-14-24(26)28/h9-16,19-22,29-30H,3-8,17-18H2,1-2H3/q+2. The van der Waals surface area contributed by atoms with Gasteiger partial charge in [0, 0.05) is 24.3 Å². The van der Waals surface area contributed by atoms with Crippen LogP contribution in [0.2, 0.25) is 0 Å². The van der Waals surface area contributed by atoms with Crippen molar-refractivity contribution in [3.05, 3.63) is 73.1 Å². The summed E-state index contributed by atoms with van der Waals surface area (Å²) in [5.41, 5.74) is 2.40. The molecule has 190 valence electrons. The summed E-state index contributed by atoms with van der Waals surface area (Å²) in [6.45, 7) is 0. The molecule has 2 heterocycles. The van der Waals surface area contributed by atoms with Gasteiger partial charge in [0.25, 0.3) is 0 Å². The lowest BCUT2D eigenvalue weighted by Crippen LogP contribution is -2.28. The first-order valence-electron chi connectivity index (χ1n) is 12.9. The summed E-state index contributed by atoms with van der Waals surface area (Å²) in [4.78, 5) is 0. The third kappa shape index (κ3) is 7.43. The van der Waals surface area contributed by atoms with Crippen LogP contribution in [0, 0.1) is 0 Å². The summed E-state index contributed by atoms with van der Waals surface area (Å²) in [6.07, 6.45) is 13.9. The molecular weight excluding hydrogens is 674 g/mol. The van der Waals surface area contributed by atoms with Crippen LogP contribution in [0.1, 0.15) is 51.4 Å². The number of fused-ring (bicyclic) bond motifs is 2. The monoisotopic (exact) mass is 710 g/mol. The van der Waals surface area contributed by atoms with Gasteiger partial charge < -0.3 is 9.47 Å². The lowest BCUT2D eigenvalue weighted by molar-refractivity contribution is -0.645. The maximum atomic E-state index is 6.29. The Morgan fingerprint density at radius 3 is 1.42 bits per heavy atom. The fourth-order valence-electron chi connectivity index (χ4n) is 4.59. The van der Waals surface area contributed by atoms with Crippen LogP contribution in [-0.4, -0.2) is 8.22 Å². The molecule has 0 spiro atoms. The Balaban J connectivity index is 1.10. The van der Waals surface area contributed by atoms with Gasteiger partial charge in [-0.3, -0.25) is 0 Å². The van der Waals surface area contributed by atoms with E-state index in [4.69, 9.17) is 9.47 Å². The topological polar surface area (TPSA) is 26.2 Å². The van der Waals surface area contributed by atoms with E-state index in [1.54, 1.807) is 0 Å². The minimum atomic E-state index is 0.201. The van der Waals surface area contributed by atoms with Crippen molar-refractivity contribution < 1.29 is 18.6 Å². The van der Waals surface area contributed by atoms with Crippen LogP contribution in [-0.2, 0) is 14.1 Å². The first-order chi connectivity index (χ1) is 17.5. The molecule has 4 rings (SSSR count). The molecule has 0 aliphatic heterocycles. The lowest BCUT2D eigenvalue weighted by Gasteiger charge is -2.15. The predicted molar refractivity (Wildman–Crippen MR) is 164 cm³/mol. The van der Waals surface area contributed by atoms with Crippen LogP contribution in [0.25, 0.3) is 21.8 Å². The van der Waals surface area contributed by atoms with Crippen LogP contribution < -0.4 is 18.6 Å². The lowest BCUT2D eigenvalue weighted by atomic mass is 10.1. The van der Waals surface area contributed by atoms with Crippen molar-refractivity contribution in [3.63, 3.8) is 0 Å². The van der Waals surface area contributed by atoms with E-state index in [1.807, 2.05) is 0 Å². The molecule has 2 aromatic heterocycles. The van der Waals surface area contributed by atoms with E-state index in [2.05, 4.69) is 141 Å². The van der Waals surface area contributed by atoms with E-state index in [1.165, 1.54) is 60.3 Å². The number of aromatic nitrogens is 2. The maximum Gasteiger partial charge on any atom is 0.216 e. The van der Waals surface area contributed by atoms with Crippen molar-refractivity contribution in [2.45, 2.75) is 59.6 Å². The van der Waals surface area contributed by atoms with Crippen LogP contribution in [0.15, 0.2) is 73.1 Å². The van der Waals surface area contributed by atoms with Gasteiger partial charge in [0.1, 0.15) is 33.8 Å². The zero-order valence-corrected chi connectivity index (χ0v) is 25.5. The van der Waals surface area contributed by atoms with Crippen LogP contribution in [0.3, 0.4) is 0 Å². The predicted octanol–water partition coefficient (Wildman–Crippen LogP) is 7.74. The molecule has 36 heavy (non-hydrogen) atoms. The van der Waals surface area contributed by atoms with Gasteiger partial charge in [-0.2, -0.15) is 0 Å². The summed E-state index contributed by atoms with van der Waals surface area (Å²) in [6, 6.07) is 21.0. The highest BCUT2D eigenvalue weighted by Crippen LogP contribution is 2.28. The van der Waals surface area contributed by atoms with Crippen LogP contribution in [0.5, 0.6) is 11.5 Å². The van der Waals surface area contributed by atoms with E-state index in [0.717, 1.165) is 24.3 Å². The zero-order valence-electron chi connectivity index (χ0n) is 21.2. The highest BCUT2D eigenvalue weighted by Gasteiger charge is 2.14. The summed E-state index contributed by atoms with van der Waals surface area (Å²) < 4.78 is 17.3. The number of aryl methyl sites for hydroxylation is 2. The second kappa shape index (κ2) is 13.7. The number of ether oxygens (including phenoxy) is 2. The van der Waals surface area contributed by atoms with Gasteiger partial charge in [-0.1, -0.05) is 49.9 Å². The molecule has 2 aromatic carbocycles. The van der Waals surface area contributed by atoms with E-state index in [-0.39, 0.29) is 8.22 Å². The fraction of sp³-hybridized carbons (Fsp3) is 0.400. The van der Waals surface area contributed by atoms with Crippen molar-refractivity contribution >= 4 is 67.0 Å². The fourth-order valence-corrected chi connectivity index (χ4v) is 6.02. The average molecular weight is 710 g/mol. The summed E-state index contributed by atoms with van der Waals surface area (Å²) in [5.74, 6) is 1.96. The smallest absolute Gasteiger partial charge is 0.216 e. The molecule has 0 saturated heterocycles. The van der Waals surface area contributed by atoms with Crippen LogP contribution in [0.4, 0.5) is 0 Å². The second-order valence-corrected chi connectivity index (χ2v) is 12.1. The molecule has 0 aliphatic carbocycles. The van der Waals surface area contributed by atoms with Gasteiger partial charge >= 0.3 is 0 Å². The Morgan fingerprint density at radius 1 is 0.583 bits per heavy atom. The van der Waals surface area contributed by atoms with Gasteiger partial charge in [0.2, 0.25) is 11.0 Å². The number of pyridine rings is 2. The highest BCUT2D eigenvalue weighted by molar-refractivity contribution is 14.1. The molecule has 0 N–H and O–H groups in total. The van der Waals surface area contributed by atoms with E-state index < -0.39 is 0 Å². The molecule has 0 amide bonds. The van der Waals surface area contributed by atoms with Crippen molar-refractivity contribution in [3.8, 4) is 11.5 Å². The number of para-hydroxylation sites is 2. The number of hydrogen-bond donors (Lipinski definition) is 0. The Kier molecular flexibility index (Phi) is 10.4. The number of benzene rings is 2. The molecule has 6 heteroatoms. The number of nitrogens with zero attached hydrogens (tertiary/aromatic N) is 2. The highest BCUT2D eigenvalue weighted by atomic mass is 127. The maximum absolute atomic E-state index is 6.29. The van der Waals surface area contributed by atoms with E-state index >= 15 is 0 Å². The van der Waals surface area contributed by atoms with Crippen molar-refractivity contribution in [1.82, 2.24) is 0 Å². The average Bonchev–Trinajstić information content (AvgIpc) is 2.89. The van der Waals surface area contributed by atoms with Crippen molar-refractivity contribution in [1.29, 1.82) is 0 Å². The van der Waals surface area contributed by atoms with Gasteiger partial charge in [0.05, 0.1) is 10.8 Å². The molecule has 0 bridgehead atoms. The van der Waals surface area contributed by atoms with E-state index in [9.17, 15) is 0 Å². The molecule has 0 fully saturated rings. The third-order valence-corrected chi connectivity index (χ3v) is 8.37. The minimum Gasteiger partial charge on any atom is -0.479 e. The summed E-state index contributed by atoms with van der Waals surface area (Å²) in [7, 11) is 4.15. The summed E-state index contributed by atoms with van der Waals surface area (Å²) in [5, 5.41) is 2.35. The number of rotatable bonds is 13. The quantitative estimate of drug-likeness (QED) is 0.0615. The molecule has 4 nitrogen and oxygen atoms in total. The minimum absolute atomic E-state index is 0.201.